The second-order valence-electron chi connectivity index (χ2n) is 7.96. The molecular formula is C25H25F2N3O4. The smallest absolute Gasteiger partial charge is 0.256 e. The minimum Gasteiger partial charge on any atom is -0.496 e. The molecule has 2 N–H and O–H groups in total. The van der Waals surface area contributed by atoms with Crippen molar-refractivity contribution in [3.63, 3.8) is 0 Å². The highest BCUT2D eigenvalue weighted by atomic mass is 19.1. The van der Waals surface area contributed by atoms with Gasteiger partial charge in [-0.1, -0.05) is 0 Å². The molecule has 2 heterocycles. The van der Waals surface area contributed by atoms with Gasteiger partial charge in [0.2, 0.25) is 0 Å². The third kappa shape index (κ3) is 4.88. The molecule has 0 aliphatic carbocycles. The predicted octanol–water partition coefficient (Wildman–Crippen LogP) is 4.77. The van der Waals surface area contributed by atoms with Crippen molar-refractivity contribution in [3.05, 3.63) is 71.4 Å². The standard InChI is InChI=1S/C25H25F2N3O4/c1-32-21-13-24(28)29-14-19(21)15-7-9-30(10-8-15)25(31)18-11-22(33-2)23(12-20(18)27)34-17-5-3-16(26)4-6-17/h3-6,11-15H,7-10H2,1-2H3,(H2,28,29). The second-order valence-corrected chi connectivity index (χ2v) is 7.96. The highest BCUT2D eigenvalue weighted by molar-refractivity contribution is 5.95. The normalized spacial score (nSPS) is 14.1. The summed E-state index contributed by atoms with van der Waals surface area (Å²) in [5, 5.41) is 0. The largest absolute Gasteiger partial charge is 0.496 e. The number of likely N-dealkylation sites (tertiary alicyclic amines) is 1. The summed E-state index contributed by atoms with van der Waals surface area (Å²) in [5.41, 5.74) is 6.58. The first-order valence-corrected chi connectivity index (χ1v) is 10.8. The van der Waals surface area contributed by atoms with Crippen LogP contribution < -0.4 is 19.9 Å². The first-order chi connectivity index (χ1) is 16.4. The number of carbonyl (C=O) groups excluding carboxylic acids is 1. The fourth-order valence-electron chi connectivity index (χ4n) is 4.08. The molecule has 1 aromatic heterocycles. The molecule has 1 fully saturated rings. The van der Waals surface area contributed by atoms with E-state index in [4.69, 9.17) is 19.9 Å². The minimum absolute atomic E-state index is 0.0878. The number of anilines is 1. The van der Waals surface area contributed by atoms with Gasteiger partial charge in [-0.15, -0.1) is 0 Å². The van der Waals surface area contributed by atoms with Crippen molar-refractivity contribution in [2.75, 3.05) is 33.0 Å². The monoisotopic (exact) mass is 469 g/mol. The number of nitrogens with zero attached hydrogens (tertiary/aromatic N) is 2. The van der Waals surface area contributed by atoms with Gasteiger partial charge in [-0.05, 0) is 49.1 Å². The lowest BCUT2D eigenvalue weighted by atomic mass is 9.89. The van der Waals surface area contributed by atoms with Crippen molar-refractivity contribution in [1.82, 2.24) is 9.88 Å². The number of rotatable bonds is 6. The fourth-order valence-corrected chi connectivity index (χ4v) is 4.08. The third-order valence-corrected chi connectivity index (χ3v) is 5.88. The molecule has 7 nitrogen and oxygen atoms in total. The van der Waals surface area contributed by atoms with Crippen molar-refractivity contribution in [2.45, 2.75) is 18.8 Å². The average molecular weight is 469 g/mol. The number of benzene rings is 2. The van der Waals surface area contributed by atoms with Gasteiger partial charge in [-0.2, -0.15) is 0 Å². The highest BCUT2D eigenvalue weighted by Gasteiger charge is 2.29. The van der Waals surface area contributed by atoms with Crippen LogP contribution in [0.15, 0.2) is 48.7 Å². The van der Waals surface area contributed by atoms with Gasteiger partial charge in [-0.25, -0.2) is 13.8 Å². The summed E-state index contributed by atoms with van der Waals surface area (Å²) in [4.78, 5) is 18.9. The number of ether oxygens (including phenoxy) is 3. The number of carbonyl (C=O) groups is 1. The minimum atomic E-state index is -0.727. The van der Waals surface area contributed by atoms with Crippen LogP contribution in [0.4, 0.5) is 14.6 Å². The summed E-state index contributed by atoms with van der Waals surface area (Å²) in [7, 11) is 2.98. The van der Waals surface area contributed by atoms with E-state index in [1.165, 1.54) is 37.4 Å². The molecule has 1 aliphatic rings. The molecule has 3 aromatic rings. The molecule has 1 amide bonds. The van der Waals surface area contributed by atoms with Crippen molar-refractivity contribution in [2.24, 2.45) is 0 Å². The highest BCUT2D eigenvalue weighted by Crippen LogP contribution is 2.37. The molecule has 1 saturated heterocycles. The van der Waals surface area contributed by atoms with E-state index in [1.807, 2.05) is 0 Å². The summed E-state index contributed by atoms with van der Waals surface area (Å²) >= 11 is 0. The molecule has 9 heteroatoms. The Kier molecular flexibility index (Phi) is 6.81. The van der Waals surface area contributed by atoms with E-state index < -0.39 is 17.5 Å². The van der Waals surface area contributed by atoms with Gasteiger partial charge >= 0.3 is 0 Å². The average Bonchev–Trinajstić information content (AvgIpc) is 2.85. The molecular weight excluding hydrogens is 444 g/mol. The number of methoxy groups -OCH3 is 2. The molecule has 0 atom stereocenters. The molecule has 178 valence electrons. The Balaban J connectivity index is 1.48. The number of nitrogens with two attached hydrogens (primary N) is 1. The number of aromatic nitrogens is 1. The first kappa shape index (κ1) is 23.3. The molecule has 0 unspecified atom stereocenters. The number of piperidine rings is 1. The molecule has 2 aromatic carbocycles. The molecule has 0 bridgehead atoms. The third-order valence-electron chi connectivity index (χ3n) is 5.88. The maximum absolute atomic E-state index is 14.9. The molecule has 4 rings (SSSR count). The van der Waals surface area contributed by atoms with Gasteiger partial charge in [0.1, 0.15) is 29.0 Å². The maximum Gasteiger partial charge on any atom is 0.256 e. The molecule has 1 aliphatic heterocycles. The van der Waals surface area contributed by atoms with Crippen LogP contribution in [0.1, 0.15) is 34.7 Å². The van der Waals surface area contributed by atoms with Crippen LogP contribution in [0.25, 0.3) is 0 Å². The molecule has 0 radical (unpaired) electrons. The van der Waals surface area contributed by atoms with Crippen LogP contribution in [0, 0.1) is 11.6 Å². The van der Waals surface area contributed by atoms with Gasteiger partial charge in [0, 0.05) is 37.0 Å². The fraction of sp³-hybridized carbons (Fsp3) is 0.280. The lowest BCUT2D eigenvalue weighted by molar-refractivity contribution is 0.0707. The zero-order valence-corrected chi connectivity index (χ0v) is 18.9. The van der Waals surface area contributed by atoms with E-state index in [1.54, 1.807) is 24.3 Å². The van der Waals surface area contributed by atoms with Crippen molar-refractivity contribution < 1.29 is 27.8 Å². The van der Waals surface area contributed by atoms with Gasteiger partial charge in [0.15, 0.2) is 11.5 Å². The number of hydrogen-bond acceptors (Lipinski definition) is 6. The van der Waals surface area contributed by atoms with E-state index in [2.05, 4.69) is 4.98 Å². The topological polar surface area (TPSA) is 86.9 Å². The van der Waals surface area contributed by atoms with Crippen LogP contribution in [-0.4, -0.2) is 43.1 Å². The zero-order valence-electron chi connectivity index (χ0n) is 18.9. The van der Waals surface area contributed by atoms with Crippen molar-refractivity contribution in [3.8, 4) is 23.0 Å². The van der Waals surface area contributed by atoms with Gasteiger partial charge < -0.3 is 24.8 Å². The number of amides is 1. The maximum atomic E-state index is 14.9. The number of halogens is 2. The van der Waals surface area contributed by atoms with E-state index in [0.29, 0.717) is 43.2 Å². The SMILES string of the molecule is COc1cc(C(=O)N2CCC(c3cnc(N)cc3OC)CC2)c(F)cc1Oc1ccc(F)cc1. The summed E-state index contributed by atoms with van der Waals surface area (Å²) < 4.78 is 44.4. The number of hydrogen-bond donors (Lipinski definition) is 1. The van der Waals surface area contributed by atoms with Crippen LogP contribution >= 0.6 is 0 Å². The molecule has 0 saturated carbocycles. The van der Waals surface area contributed by atoms with Crippen LogP contribution in [0.2, 0.25) is 0 Å². The predicted molar refractivity (Wildman–Crippen MR) is 123 cm³/mol. The first-order valence-electron chi connectivity index (χ1n) is 10.8. The Bertz CT molecular complexity index is 1180. The summed E-state index contributed by atoms with van der Waals surface area (Å²) in [6, 6.07) is 9.42. The Morgan fingerprint density at radius 2 is 1.68 bits per heavy atom. The van der Waals surface area contributed by atoms with Crippen LogP contribution in [-0.2, 0) is 0 Å². The van der Waals surface area contributed by atoms with E-state index in [0.717, 1.165) is 11.6 Å². The lowest BCUT2D eigenvalue weighted by Gasteiger charge is -2.32. The lowest BCUT2D eigenvalue weighted by Crippen LogP contribution is -2.38. The molecule has 0 spiro atoms. The zero-order chi connectivity index (χ0) is 24.2. The van der Waals surface area contributed by atoms with Gasteiger partial charge in [-0.3, -0.25) is 4.79 Å². The quantitative estimate of drug-likeness (QED) is 0.560. The Morgan fingerprint density at radius 1 is 1.00 bits per heavy atom. The van der Waals surface area contributed by atoms with Crippen molar-refractivity contribution >= 4 is 11.7 Å². The summed E-state index contributed by atoms with van der Waals surface area (Å²) in [5.74, 6) is 0.229. The Morgan fingerprint density at radius 3 is 2.32 bits per heavy atom. The second kappa shape index (κ2) is 9.94. The van der Waals surface area contributed by atoms with E-state index >= 15 is 0 Å². The summed E-state index contributed by atoms with van der Waals surface area (Å²) in [6.45, 7) is 0.902. The van der Waals surface area contributed by atoms with Crippen molar-refractivity contribution in [1.29, 1.82) is 0 Å². The van der Waals surface area contributed by atoms with Crippen LogP contribution in [0.3, 0.4) is 0 Å². The van der Waals surface area contributed by atoms with Gasteiger partial charge in [0.05, 0.1) is 19.8 Å². The Hall–Kier alpha value is -3.88. The Labute approximate surface area is 196 Å². The van der Waals surface area contributed by atoms with E-state index in [9.17, 15) is 13.6 Å². The summed E-state index contributed by atoms with van der Waals surface area (Å²) in [6.07, 6.45) is 3.07. The number of nitrogen functional groups attached to an aromatic ring is 1. The van der Waals surface area contributed by atoms with Gasteiger partial charge in [0.25, 0.3) is 5.91 Å². The van der Waals surface area contributed by atoms with E-state index in [-0.39, 0.29) is 23.0 Å². The molecule has 34 heavy (non-hydrogen) atoms. The number of pyridine rings is 1. The van der Waals surface area contributed by atoms with Crippen LogP contribution in [0.5, 0.6) is 23.0 Å².